The number of hydrogen-bond donors (Lipinski definition) is 1. The zero-order valence-corrected chi connectivity index (χ0v) is 17.9. The minimum absolute atomic E-state index is 0.0697. The van der Waals surface area contributed by atoms with Crippen LogP contribution in [-0.4, -0.2) is 27.6 Å². The Morgan fingerprint density at radius 2 is 1.78 bits per heavy atom. The fourth-order valence-corrected chi connectivity index (χ4v) is 4.71. The summed E-state index contributed by atoms with van der Waals surface area (Å²) in [5.74, 6) is 1.12. The number of alkyl halides is 3. The van der Waals surface area contributed by atoms with Crippen molar-refractivity contribution in [3.63, 3.8) is 0 Å². The number of imidazole rings is 1. The number of benzene rings is 2. The number of hydrogen-bond acceptors (Lipinski definition) is 3. The molecule has 32 heavy (non-hydrogen) atoms. The van der Waals surface area contributed by atoms with E-state index in [4.69, 9.17) is 0 Å². The summed E-state index contributed by atoms with van der Waals surface area (Å²) < 4.78 is 44.1. The number of fused-ring (bicyclic) bond motifs is 3. The van der Waals surface area contributed by atoms with Crippen molar-refractivity contribution in [2.24, 2.45) is 5.92 Å². The highest BCUT2D eigenvalue weighted by atomic mass is 19.4. The highest BCUT2D eigenvalue weighted by molar-refractivity contribution is 6.05. The Morgan fingerprint density at radius 3 is 2.50 bits per heavy atom. The molecule has 0 spiro atoms. The summed E-state index contributed by atoms with van der Waals surface area (Å²) in [6.07, 6.45) is -1.51. The largest absolute Gasteiger partial charge is 0.435 e. The van der Waals surface area contributed by atoms with Crippen LogP contribution in [0.25, 0.3) is 33.3 Å². The summed E-state index contributed by atoms with van der Waals surface area (Å²) in [6.45, 7) is 4.54. The Morgan fingerprint density at radius 1 is 1.03 bits per heavy atom. The lowest BCUT2D eigenvalue weighted by Gasteiger charge is -2.23. The lowest BCUT2D eigenvalue weighted by molar-refractivity contribution is -0.139. The van der Waals surface area contributed by atoms with Gasteiger partial charge in [-0.2, -0.15) is 13.2 Å². The number of pyridine rings is 1. The summed E-state index contributed by atoms with van der Waals surface area (Å²) >= 11 is 0. The van der Waals surface area contributed by atoms with Gasteiger partial charge in [0.05, 0.1) is 11.0 Å². The van der Waals surface area contributed by atoms with E-state index in [9.17, 15) is 13.2 Å². The first-order valence-electron chi connectivity index (χ1n) is 11.1. The second kappa shape index (κ2) is 8.20. The zero-order valence-electron chi connectivity index (χ0n) is 17.9. The number of halogens is 3. The van der Waals surface area contributed by atoms with Crippen molar-refractivity contribution in [2.45, 2.75) is 38.9 Å². The summed E-state index contributed by atoms with van der Waals surface area (Å²) in [4.78, 5) is 8.57. The molecule has 0 aliphatic carbocycles. The molecule has 0 unspecified atom stereocenters. The van der Waals surface area contributed by atoms with Gasteiger partial charge in [-0.1, -0.05) is 42.0 Å². The van der Waals surface area contributed by atoms with E-state index < -0.39 is 11.9 Å². The normalized spacial score (nSPS) is 15.6. The third kappa shape index (κ3) is 3.86. The molecule has 7 heteroatoms. The number of nitrogens with one attached hydrogen (secondary N) is 1. The van der Waals surface area contributed by atoms with Crippen LogP contribution >= 0.6 is 0 Å². The Kier molecular flexibility index (Phi) is 5.37. The average Bonchev–Trinajstić information content (AvgIpc) is 3.17. The fraction of sp³-hybridized carbons (Fsp3) is 0.360. The molecule has 4 aromatic rings. The van der Waals surface area contributed by atoms with E-state index in [0.717, 1.165) is 43.5 Å². The van der Waals surface area contributed by atoms with Crippen molar-refractivity contribution in [3.05, 3.63) is 59.8 Å². The number of aryl methyl sites for hydroxylation is 2. The van der Waals surface area contributed by atoms with Crippen LogP contribution in [0.15, 0.2) is 48.5 Å². The number of piperidine rings is 1. The van der Waals surface area contributed by atoms with Crippen LogP contribution in [-0.2, 0) is 12.7 Å². The minimum atomic E-state index is -4.58. The summed E-state index contributed by atoms with van der Waals surface area (Å²) in [7, 11) is 0. The molecule has 1 N–H and O–H groups in total. The maximum absolute atomic E-state index is 14.0. The van der Waals surface area contributed by atoms with Crippen molar-refractivity contribution >= 4 is 21.9 Å². The number of aromatic nitrogens is 3. The van der Waals surface area contributed by atoms with E-state index >= 15 is 0 Å². The molecule has 5 rings (SSSR count). The first kappa shape index (κ1) is 20.9. The Hall–Kier alpha value is -2.93. The molecular formula is C25H25F3N4. The Labute approximate surface area is 184 Å². The van der Waals surface area contributed by atoms with Crippen molar-refractivity contribution in [1.82, 2.24) is 19.9 Å². The second-order valence-electron chi connectivity index (χ2n) is 8.61. The van der Waals surface area contributed by atoms with Gasteiger partial charge in [-0.05, 0) is 57.3 Å². The van der Waals surface area contributed by atoms with Crippen molar-refractivity contribution in [1.29, 1.82) is 0 Å². The SMILES string of the molecule is Cc1ccc2nc(C(F)(F)F)c3nc(-c4ccccc4)n(CCC4CCNCC4)c3c2c1. The van der Waals surface area contributed by atoms with Crippen molar-refractivity contribution in [3.8, 4) is 11.4 Å². The van der Waals surface area contributed by atoms with Crippen LogP contribution in [0.5, 0.6) is 0 Å². The van der Waals surface area contributed by atoms with E-state index in [1.54, 1.807) is 12.1 Å². The van der Waals surface area contributed by atoms with E-state index in [-0.39, 0.29) is 5.52 Å². The maximum Gasteiger partial charge on any atom is 0.435 e. The van der Waals surface area contributed by atoms with Gasteiger partial charge in [0.15, 0.2) is 5.69 Å². The van der Waals surface area contributed by atoms with Gasteiger partial charge in [0.1, 0.15) is 11.3 Å². The quantitative estimate of drug-likeness (QED) is 0.427. The molecular weight excluding hydrogens is 413 g/mol. The molecule has 1 fully saturated rings. The molecule has 0 saturated carbocycles. The van der Waals surface area contributed by atoms with E-state index in [0.29, 0.717) is 34.7 Å². The standard InChI is InChI=1S/C25H25F3N4/c1-16-7-8-20-19(15-16)22-21(23(30-20)25(26,27)28)31-24(18-5-3-2-4-6-18)32(22)14-11-17-9-12-29-13-10-17/h2-8,15,17,29H,9-14H2,1H3. The monoisotopic (exact) mass is 438 g/mol. The zero-order chi connectivity index (χ0) is 22.3. The smallest absolute Gasteiger partial charge is 0.323 e. The molecule has 1 aliphatic rings. The predicted octanol–water partition coefficient (Wildman–Crippen LogP) is 5.97. The molecule has 1 aliphatic heterocycles. The van der Waals surface area contributed by atoms with Gasteiger partial charge in [0.25, 0.3) is 0 Å². The molecule has 166 valence electrons. The molecule has 0 bridgehead atoms. The summed E-state index contributed by atoms with van der Waals surface area (Å²) in [5.41, 5.74) is 1.67. The van der Waals surface area contributed by atoms with E-state index in [2.05, 4.69) is 15.3 Å². The first-order valence-corrected chi connectivity index (χ1v) is 11.1. The van der Waals surface area contributed by atoms with Crippen LogP contribution in [0.4, 0.5) is 13.2 Å². The molecule has 0 amide bonds. The van der Waals surface area contributed by atoms with Crippen LogP contribution in [0.1, 0.15) is 30.5 Å². The molecule has 2 aromatic carbocycles. The van der Waals surface area contributed by atoms with Crippen LogP contribution in [0.3, 0.4) is 0 Å². The van der Waals surface area contributed by atoms with Gasteiger partial charge in [-0.15, -0.1) is 0 Å². The molecule has 3 heterocycles. The maximum atomic E-state index is 14.0. The second-order valence-corrected chi connectivity index (χ2v) is 8.61. The third-order valence-electron chi connectivity index (χ3n) is 6.35. The van der Waals surface area contributed by atoms with Crippen LogP contribution < -0.4 is 5.32 Å². The summed E-state index contributed by atoms with van der Waals surface area (Å²) in [6, 6.07) is 14.9. The van der Waals surface area contributed by atoms with E-state index in [1.807, 2.05) is 47.9 Å². The van der Waals surface area contributed by atoms with Gasteiger partial charge < -0.3 is 9.88 Å². The lowest BCUT2D eigenvalue weighted by Crippen LogP contribution is -2.28. The minimum Gasteiger partial charge on any atom is -0.323 e. The van der Waals surface area contributed by atoms with Gasteiger partial charge in [0.2, 0.25) is 0 Å². The Bertz CT molecular complexity index is 1260. The number of rotatable bonds is 4. The van der Waals surface area contributed by atoms with Crippen molar-refractivity contribution < 1.29 is 13.2 Å². The fourth-order valence-electron chi connectivity index (χ4n) is 4.71. The topological polar surface area (TPSA) is 42.7 Å². The lowest BCUT2D eigenvalue weighted by atomic mass is 9.94. The predicted molar refractivity (Wildman–Crippen MR) is 120 cm³/mol. The highest BCUT2D eigenvalue weighted by Crippen LogP contribution is 2.39. The van der Waals surface area contributed by atoms with Crippen molar-refractivity contribution in [2.75, 3.05) is 13.1 Å². The molecule has 2 aromatic heterocycles. The molecule has 1 saturated heterocycles. The van der Waals surface area contributed by atoms with Gasteiger partial charge in [-0.3, -0.25) is 0 Å². The number of nitrogens with zero attached hydrogens (tertiary/aromatic N) is 3. The highest BCUT2D eigenvalue weighted by Gasteiger charge is 2.37. The Balaban J connectivity index is 1.77. The van der Waals surface area contributed by atoms with Gasteiger partial charge >= 0.3 is 6.18 Å². The van der Waals surface area contributed by atoms with Crippen LogP contribution in [0.2, 0.25) is 0 Å². The third-order valence-corrected chi connectivity index (χ3v) is 6.35. The summed E-state index contributed by atoms with van der Waals surface area (Å²) in [5, 5.41) is 4.09. The molecule has 0 radical (unpaired) electrons. The first-order chi connectivity index (χ1) is 15.4. The molecule has 4 nitrogen and oxygen atoms in total. The van der Waals surface area contributed by atoms with E-state index in [1.165, 1.54) is 0 Å². The van der Waals surface area contributed by atoms with Gasteiger partial charge in [-0.25, -0.2) is 9.97 Å². The van der Waals surface area contributed by atoms with Crippen LogP contribution in [0, 0.1) is 12.8 Å². The van der Waals surface area contributed by atoms with Gasteiger partial charge in [0, 0.05) is 17.5 Å². The molecule has 0 atom stereocenters. The average molecular weight is 438 g/mol.